The second-order valence-electron chi connectivity index (χ2n) is 5.01. The van der Waals surface area contributed by atoms with Gasteiger partial charge >= 0.3 is 5.97 Å². The van der Waals surface area contributed by atoms with Gasteiger partial charge in [-0.1, -0.05) is 44.2 Å². The first-order valence-corrected chi connectivity index (χ1v) is 7.05. The molecule has 0 aliphatic rings. The van der Waals surface area contributed by atoms with Gasteiger partial charge in [0.1, 0.15) is 12.0 Å². The Bertz CT molecular complexity index is 626. The van der Waals surface area contributed by atoms with Crippen LogP contribution in [0.2, 0.25) is 0 Å². The number of oxazole rings is 1. The highest BCUT2D eigenvalue weighted by Gasteiger charge is 2.11. The fourth-order valence-electron chi connectivity index (χ4n) is 2.01. The van der Waals surface area contributed by atoms with Gasteiger partial charge in [-0.2, -0.15) is 0 Å². The van der Waals surface area contributed by atoms with Crippen molar-refractivity contribution in [1.82, 2.24) is 4.98 Å². The van der Waals surface area contributed by atoms with Crippen molar-refractivity contribution in [3.05, 3.63) is 54.1 Å². The van der Waals surface area contributed by atoms with E-state index in [1.807, 2.05) is 12.1 Å². The number of carboxylic acids is 1. The Labute approximate surface area is 124 Å². The number of benzene rings is 1. The number of nitrogens with zero attached hydrogens (tertiary/aromatic N) is 1. The molecular formula is C17H19NO3. The Hall–Kier alpha value is -2.36. The third-order valence-corrected chi connectivity index (χ3v) is 3.29. The van der Waals surface area contributed by atoms with Crippen molar-refractivity contribution >= 4 is 5.97 Å². The van der Waals surface area contributed by atoms with Crippen molar-refractivity contribution in [2.24, 2.45) is 0 Å². The van der Waals surface area contributed by atoms with Crippen LogP contribution in [0, 0.1) is 0 Å². The maximum atomic E-state index is 10.7. The van der Waals surface area contributed by atoms with Crippen LogP contribution < -0.4 is 0 Å². The van der Waals surface area contributed by atoms with E-state index >= 15 is 0 Å². The van der Waals surface area contributed by atoms with Crippen molar-refractivity contribution in [3.8, 4) is 11.3 Å². The molecule has 21 heavy (non-hydrogen) atoms. The average molecular weight is 285 g/mol. The molecule has 1 aromatic heterocycles. The lowest BCUT2D eigenvalue weighted by Crippen LogP contribution is -2.02. The van der Waals surface area contributed by atoms with Gasteiger partial charge in [0.15, 0.2) is 5.89 Å². The second kappa shape index (κ2) is 6.88. The zero-order chi connectivity index (χ0) is 15.2. The summed E-state index contributed by atoms with van der Waals surface area (Å²) in [6.45, 7) is 5.65. The van der Waals surface area contributed by atoms with E-state index in [9.17, 15) is 4.79 Å². The molecule has 0 fully saturated rings. The molecule has 1 aromatic carbocycles. The van der Waals surface area contributed by atoms with E-state index in [4.69, 9.17) is 9.52 Å². The summed E-state index contributed by atoms with van der Waals surface area (Å²) < 4.78 is 5.30. The van der Waals surface area contributed by atoms with E-state index in [0.717, 1.165) is 12.0 Å². The topological polar surface area (TPSA) is 63.3 Å². The van der Waals surface area contributed by atoms with E-state index in [1.54, 1.807) is 6.26 Å². The van der Waals surface area contributed by atoms with Crippen LogP contribution in [0.5, 0.6) is 0 Å². The lowest BCUT2D eigenvalue weighted by molar-refractivity contribution is -0.132. The molecule has 0 aliphatic carbocycles. The van der Waals surface area contributed by atoms with Crippen LogP contribution in [-0.2, 0) is 17.6 Å². The molecule has 4 nitrogen and oxygen atoms in total. The molecular weight excluding hydrogens is 266 g/mol. The molecule has 1 heterocycles. The molecule has 110 valence electrons. The van der Waals surface area contributed by atoms with Gasteiger partial charge in [-0.15, -0.1) is 0 Å². The quantitative estimate of drug-likeness (QED) is 0.784. The summed E-state index contributed by atoms with van der Waals surface area (Å²) in [5, 5.41) is 8.80. The minimum Gasteiger partial charge on any atom is -0.478 e. The van der Waals surface area contributed by atoms with E-state index < -0.39 is 5.97 Å². The first kappa shape index (κ1) is 15.0. The predicted molar refractivity (Wildman–Crippen MR) is 81.0 cm³/mol. The zero-order valence-electron chi connectivity index (χ0n) is 12.1. The van der Waals surface area contributed by atoms with E-state index in [0.29, 0.717) is 11.6 Å². The number of rotatable bonds is 7. The number of hydrogen-bond donors (Lipinski definition) is 1. The molecule has 0 unspecified atom stereocenters. The number of aliphatic carboxylic acids is 1. The molecule has 2 rings (SSSR count). The molecule has 0 saturated heterocycles. The Balaban J connectivity index is 2.07. The Morgan fingerprint density at radius 3 is 2.67 bits per heavy atom. The highest BCUT2D eigenvalue weighted by atomic mass is 16.4. The van der Waals surface area contributed by atoms with Crippen LogP contribution in [0.15, 0.2) is 47.1 Å². The minimum absolute atomic E-state index is 0.0679. The van der Waals surface area contributed by atoms with Gasteiger partial charge in [0.25, 0.3) is 0 Å². The van der Waals surface area contributed by atoms with Gasteiger partial charge < -0.3 is 9.52 Å². The third kappa shape index (κ3) is 4.05. The summed E-state index contributed by atoms with van der Waals surface area (Å²) in [6.07, 6.45) is 5.11. The predicted octanol–water partition coefficient (Wildman–Crippen LogP) is 3.87. The highest BCUT2D eigenvalue weighted by molar-refractivity contribution is 5.86. The summed E-state index contributed by atoms with van der Waals surface area (Å²) >= 11 is 0. The number of hydrogen-bond acceptors (Lipinski definition) is 3. The van der Waals surface area contributed by atoms with E-state index in [1.165, 1.54) is 18.4 Å². The number of aryl methyl sites for hydroxylation is 1. The molecule has 1 N–H and O–H groups in total. The first-order valence-electron chi connectivity index (χ1n) is 7.05. The molecule has 0 radical (unpaired) electrons. The van der Waals surface area contributed by atoms with Crippen molar-refractivity contribution in [2.75, 3.05) is 0 Å². The van der Waals surface area contributed by atoms with Crippen molar-refractivity contribution < 1.29 is 14.3 Å². The molecule has 4 heteroatoms. The molecule has 0 saturated carbocycles. The van der Waals surface area contributed by atoms with Crippen LogP contribution in [-0.4, -0.2) is 16.1 Å². The molecule has 0 spiro atoms. The van der Waals surface area contributed by atoms with Gasteiger partial charge in [-0.3, -0.25) is 0 Å². The van der Waals surface area contributed by atoms with Gasteiger partial charge in [0.05, 0.1) is 6.42 Å². The maximum Gasteiger partial charge on any atom is 0.331 e. The highest BCUT2D eigenvalue weighted by Crippen LogP contribution is 2.20. The van der Waals surface area contributed by atoms with Crippen LogP contribution in [0.25, 0.3) is 11.3 Å². The largest absolute Gasteiger partial charge is 0.478 e. The number of carbonyl (C=O) groups is 1. The van der Waals surface area contributed by atoms with Crippen LogP contribution >= 0.6 is 0 Å². The normalized spacial score (nSPS) is 10.5. The van der Waals surface area contributed by atoms with E-state index in [-0.39, 0.29) is 12.0 Å². The van der Waals surface area contributed by atoms with Crippen molar-refractivity contribution in [2.45, 2.75) is 32.6 Å². The monoisotopic (exact) mass is 285 g/mol. The number of unbranched alkanes of at least 4 members (excludes halogenated alkanes) is 1. The molecule has 0 amide bonds. The summed E-state index contributed by atoms with van der Waals surface area (Å²) in [5.74, 6) is -0.664. The summed E-state index contributed by atoms with van der Waals surface area (Å²) in [4.78, 5) is 15.0. The minimum atomic E-state index is -1.03. The molecule has 0 bridgehead atoms. The van der Waals surface area contributed by atoms with E-state index in [2.05, 4.69) is 30.6 Å². The number of carboxylic acid groups (broad SMARTS) is 1. The van der Waals surface area contributed by atoms with Crippen LogP contribution in [0.4, 0.5) is 0 Å². The summed E-state index contributed by atoms with van der Waals surface area (Å²) in [6, 6.07) is 8.21. The van der Waals surface area contributed by atoms with Gasteiger partial charge in [0, 0.05) is 11.1 Å². The number of aromatic nitrogens is 1. The fourth-order valence-corrected chi connectivity index (χ4v) is 2.01. The van der Waals surface area contributed by atoms with Crippen molar-refractivity contribution in [3.63, 3.8) is 0 Å². The summed E-state index contributed by atoms with van der Waals surface area (Å²) in [7, 11) is 0. The molecule has 0 atom stereocenters. The summed E-state index contributed by atoms with van der Waals surface area (Å²) in [5.41, 5.74) is 3.05. The average Bonchev–Trinajstić information content (AvgIpc) is 2.94. The Kier molecular flexibility index (Phi) is 4.93. The van der Waals surface area contributed by atoms with Gasteiger partial charge in [-0.25, -0.2) is 9.78 Å². The Morgan fingerprint density at radius 2 is 2.05 bits per heavy atom. The van der Waals surface area contributed by atoms with Crippen molar-refractivity contribution in [1.29, 1.82) is 0 Å². The third-order valence-electron chi connectivity index (χ3n) is 3.29. The zero-order valence-corrected chi connectivity index (χ0v) is 12.1. The smallest absolute Gasteiger partial charge is 0.331 e. The van der Waals surface area contributed by atoms with Gasteiger partial charge in [-0.05, 0) is 18.4 Å². The Morgan fingerprint density at radius 1 is 1.33 bits per heavy atom. The lowest BCUT2D eigenvalue weighted by Gasteiger charge is -2.01. The van der Waals surface area contributed by atoms with Gasteiger partial charge in [0.2, 0.25) is 0 Å². The SMILES string of the molecule is C=C(Cc1nc(-c2ccc(CCCC)cc2)co1)C(=O)O. The standard InChI is InChI=1S/C17H19NO3/c1-3-4-5-13-6-8-14(9-7-13)15-11-21-16(18-15)10-12(2)17(19)20/h6-9,11H,2-5,10H2,1H3,(H,19,20). The maximum absolute atomic E-state index is 10.7. The lowest BCUT2D eigenvalue weighted by atomic mass is 10.1. The first-order chi connectivity index (χ1) is 10.1. The van der Waals surface area contributed by atoms with Crippen LogP contribution in [0.1, 0.15) is 31.2 Å². The second-order valence-corrected chi connectivity index (χ2v) is 5.01. The molecule has 2 aromatic rings. The fraction of sp³-hybridized carbons (Fsp3) is 0.294. The van der Waals surface area contributed by atoms with Crippen LogP contribution in [0.3, 0.4) is 0 Å². The molecule has 0 aliphatic heterocycles.